The number of methoxy groups -OCH3 is 2. The number of guanidine groups is 1. The van der Waals surface area contributed by atoms with Gasteiger partial charge in [0.1, 0.15) is 6.04 Å². The number of aliphatic imine (C=N–C) groups is 1. The summed E-state index contributed by atoms with van der Waals surface area (Å²) in [6.07, 6.45) is 2.28. The van der Waals surface area contributed by atoms with E-state index in [4.69, 9.17) is 15.2 Å². The molecule has 0 fully saturated rings. The Kier molecular flexibility index (Phi) is 9.86. The highest BCUT2D eigenvalue weighted by molar-refractivity contribution is 5.98. The molecule has 4 N–H and O–H groups in total. The van der Waals surface area contributed by atoms with Crippen LogP contribution in [0.15, 0.2) is 59.7 Å². The van der Waals surface area contributed by atoms with Gasteiger partial charge in [0.25, 0.3) is 0 Å². The minimum Gasteiger partial charge on any atom is -0.493 e. The van der Waals surface area contributed by atoms with Gasteiger partial charge in [0, 0.05) is 25.4 Å². The van der Waals surface area contributed by atoms with Crippen LogP contribution in [0.4, 0.5) is 0 Å². The predicted octanol–water partition coefficient (Wildman–Crippen LogP) is 2.81. The van der Waals surface area contributed by atoms with Gasteiger partial charge in [-0.3, -0.25) is 19.6 Å². The van der Waals surface area contributed by atoms with E-state index in [9.17, 15) is 9.59 Å². The van der Waals surface area contributed by atoms with Crippen molar-refractivity contribution >= 4 is 17.8 Å². The molecule has 0 bridgehead atoms. The Morgan fingerprint density at radius 3 is 2.47 bits per heavy atom. The number of nitrogens with two attached hydrogens (primary N) is 1. The standard InChI is InChI=1S/C28H36N6O4/c1-18(2)13-22(27(36)30-17-20-7-6-8-21(14-20)23-11-12-31-34(23)3)32-28(29)33-26(35)16-19-9-10-24(37-4)25(15-19)38-5/h6-12,14-15,18,22H,13,16-17H2,1-5H3,(H,30,36)(H3,29,32,33,35). The van der Waals surface area contributed by atoms with Gasteiger partial charge in [0.15, 0.2) is 17.5 Å². The Balaban J connectivity index is 1.63. The molecule has 0 aliphatic carbocycles. The minimum atomic E-state index is -0.739. The number of hydrogen-bond donors (Lipinski definition) is 3. The SMILES string of the molecule is COc1ccc(CC(=O)NC(N)=NC(CC(C)C)C(=O)NCc2cccc(-c3ccnn3C)c2)cc1OC. The van der Waals surface area contributed by atoms with Crippen LogP contribution in [0, 0.1) is 5.92 Å². The van der Waals surface area contributed by atoms with Gasteiger partial charge in [-0.15, -0.1) is 0 Å². The lowest BCUT2D eigenvalue weighted by molar-refractivity contribution is -0.123. The van der Waals surface area contributed by atoms with Crippen molar-refractivity contribution in [1.82, 2.24) is 20.4 Å². The summed E-state index contributed by atoms with van der Waals surface area (Å²) in [6, 6.07) is 14.3. The van der Waals surface area contributed by atoms with E-state index in [0.717, 1.165) is 22.4 Å². The van der Waals surface area contributed by atoms with E-state index >= 15 is 0 Å². The van der Waals surface area contributed by atoms with Gasteiger partial charge in [0.2, 0.25) is 11.8 Å². The summed E-state index contributed by atoms with van der Waals surface area (Å²) in [6.45, 7) is 4.33. The number of aryl methyl sites for hydroxylation is 1. The molecule has 0 spiro atoms. The second-order valence-corrected chi connectivity index (χ2v) is 9.33. The zero-order chi connectivity index (χ0) is 27.7. The largest absolute Gasteiger partial charge is 0.493 e. The molecular weight excluding hydrogens is 484 g/mol. The number of hydrogen-bond acceptors (Lipinski definition) is 6. The fraction of sp³-hybridized carbons (Fsp3) is 0.357. The molecule has 0 saturated carbocycles. The Labute approximate surface area is 223 Å². The molecule has 2 aromatic carbocycles. The number of nitrogens with zero attached hydrogens (tertiary/aromatic N) is 3. The second-order valence-electron chi connectivity index (χ2n) is 9.33. The van der Waals surface area contributed by atoms with Gasteiger partial charge in [-0.25, -0.2) is 4.99 Å². The summed E-state index contributed by atoms with van der Waals surface area (Å²) in [7, 11) is 4.96. The van der Waals surface area contributed by atoms with Crippen molar-refractivity contribution in [3.63, 3.8) is 0 Å². The third-order valence-electron chi connectivity index (χ3n) is 5.88. The number of rotatable bonds is 11. The van der Waals surface area contributed by atoms with Gasteiger partial charge in [0.05, 0.1) is 26.3 Å². The fourth-order valence-corrected chi connectivity index (χ4v) is 4.03. The van der Waals surface area contributed by atoms with Gasteiger partial charge < -0.3 is 20.5 Å². The zero-order valence-electron chi connectivity index (χ0n) is 22.5. The monoisotopic (exact) mass is 520 g/mol. The molecular formula is C28H36N6O4. The van der Waals surface area contributed by atoms with Crippen LogP contribution < -0.4 is 25.8 Å². The average Bonchev–Trinajstić information content (AvgIpc) is 3.32. The second kappa shape index (κ2) is 13.3. The maximum Gasteiger partial charge on any atom is 0.245 e. The molecule has 0 radical (unpaired) electrons. The van der Waals surface area contributed by atoms with E-state index in [2.05, 4.69) is 20.7 Å². The summed E-state index contributed by atoms with van der Waals surface area (Å²) in [4.78, 5) is 29.9. The van der Waals surface area contributed by atoms with Crippen LogP contribution in [0.1, 0.15) is 31.4 Å². The van der Waals surface area contributed by atoms with Crippen LogP contribution in [0.3, 0.4) is 0 Å². The number of ether oxygens (including phenoxy) is 2. The highest BCUT2D eigenvalue weighted by atomic mass is 16.5. The Morgan fingerprint density at radius 1 is 1.05 bits per heavy atom. The Morgan fingerprint density at radius 2 is 1.82 bits per heavy atom. The maximum absolute atomic E-state index is 13.0. The van der Waals surface area contributed by atoms with Crippen molar-refractivity contribution in [2.75, 3.05) is 14.2 Å². The lowest BCUT2D eigenvalue weighted by Gasteiger charge is -2.16. The normalized spacial score (nSPS) is 12.2. The highest BCUT2D eigenvalue weighted by Gasteiger charge is 2.20. The summed E-state index contributed by atoms with van der Waals surface area (Å²) >= 11 is 0. The Bertz CT molecular complexity index is 1280. The number of amides is 2. The smallest absolute Gasteiger partial charge is 0.245 e. The third-order valence-corrected chi connectivity index (χ3v) is 5.88. The first kappa shape index (κ1) is 28.2. The molecule has 202 valence electrons. The van der Waals surface area contributed by atoms with Crippen LogP contribution >= 0.6 is 0 Å². The quantitative estimate of drug-likeness (QED) is 0.263. The number of nitrogens with one attached hydrogen (secondary N) is 2. The predicted molar refractivity (Wildman–Crippen MR) is 147 cm³/mol. The number of carbonyl (C=O) groups is 2. The van der Waals surface area contributed by atoms with E-state index in [-0.39, 0.29) is 30.1 Å². The molecule has 3 rings (SSSR count). The third kappa shape index (κ3) is 7.83. The number of benzene rings is 2. The van der Waals surface area contributed by atoms with Gasteiger partial charge in [-0.2, -0.15) is 5.10 Å². The van der Waals surface area contributed by atoms with Crippen molar-refractivity contribution in [3.05, 3.63) is 65.9 Å². The van der Waals surface area contributed by atoms with Crippen LogP contribution in [-0.4, -0.2) is 47.8 Å². The van der Waals surface area contributed by atoms with Crippen LogP contribution in [0.2, 0.25) is 0 Å². The first-order valence-electron chi connectivity index (χ1n) is 12.4. The van der Waals surface area contributed by atoms with Crippen molar-refractivity contribution in [2.24, 2.45) is 23.7 Å². The van der Waals surface area contributed by atoms with E-state index in [1.54, 1.807) is 36.2 Å². The molecule has 3 aromatic rings. The lowest BCUT2D eigenvalue weighted by Crippen LogP contribution is -2.41. The molecule has 2 amide bonds. The summed E-state index contributed by atoms with van der Waals surface area (Å²) in [5.41, 5.74) is 9.68. The van der Waals surface area contributed by atoms with Crippen molar-refractivity contribution in [1.29, 1.82) is 0 Å². The molecule has 1 heterocycles. The molecule has 38 heavy (non-hydrogen) atoms. The molecule has 0 aliphatic heterocycles. The fourth-order valence-electron chi connectivity index (χ4n) is 4.03. The first-order valence-corrected chi connectivity index (χ1v) is 12.4. The molecule has 0 saturated heterocycles. The molecule has 0 aliphatic rings. The molecule has 1 atom stereocenters. The van der Waals surface area contributed by atoms with Gasteiger partial charge in [-0.1, -0.05) is 38.1 Å². The van der Waals surface area contributed by atoms with Crippen LogP contribution in [0.5, 0.6) is 11.5 Å². The van der Waals surface area contributed by atoms with Gasteiger partial charge >= 0.3 is 0 Å². The van der Waals surface area contributed by atoms with E-state index < -0.39 is 6.04 Å². The van der Waals surface area contributed by atoms with Gasteiger partial charge in [-0.05, 0) is 47.7 Å². The van der Waals surface area contributed by atoms with Crippen LogP contribution in [0.25, 0.3) is 11.3 Å². The number of aromatic nitrogens is 2. The summed E-state index contributed by atoms with van der Waals surface area (Å²) in [5, 5.41) is 9.75. The van der Waals surface area contributed by atoms with Crippen LogP contribution in [-0.2, 0) is 29.6 Å². The van der Waals surface area contributed by atoms with Crippen molar-refractivity contribution in [2.45, 2.75) is 39.3 Å². The maximum atomic E-state index is 13.0. The molecule has 1 aromatic heterocycles. The molecule has 10 heteroatoms. The van der Waals surface area contributed by atoms with E-state index in [0.29, 0.717) is 24.5 Å². The van der Waals surface area contributed by atoms with Crippen molar-refractivity contribution < 1.29 is 19.1 Å². The van der Waals surface area contributed by atoms with E-state index in [1.807, 2.05) is 51.2 Å². The van der Waals surface area contributed by atoms with E-state index in [1.165, 1.54) is 7.11 Å². The summed E-state index contributed by atoms with van der Waals surface area (Å²) in [5.74, 6) is 0.575. The average molecular weight is 521 g/mol. The molecule has 1 unspecified atom stereocenters. The highest BCUT2D eigenvalue weighted by Crippen LogP contribution is 2.27. The molecule has 10 nitrogen and oxygen atoms in total. The zero-order valence-corrected chi connectivity index (χ0v) is 22.5. The summed E-state index contributed by atoms with van der Waals surface area (Å²) < 4.78 is 12.3. The first-order chi connectivity index (χ1) is 18.2. The lowest BCUT2D eigenvalue weighted by atomic mass is 10.0. The minimum absolute atomic E-state index is 0.0601. The Hall–Kier alpha value is -4.34. The topological polar surface area (TPSA) is 133 Å². The van der Waals surface area contributed by atoms with Crippen molar-refractivity contribution in [3.8, 4) is 22.8 Å². The number of carbonyl (C=O) groups excluding carboxylic acids is 2.